The van der Waals surface area contributed by atoms with E-state index in [1.165, 1.54) is 0 Å². The molecule has 0 aliphatic rings. The number of ether oxygens (including phenoxy) is 1. The fourth-order valence-corrected chi connectivity index (χ4v) is 2.67. The van der Waals surface area contributed by atoms with Crippen LogP contribution in [0.3, 0.4) is 0 Å². The summed E-state index contributed by atoms with van der Waals surface area (Å²) in [4.78, 5) is 25.4. The second-order valence-electron chi connectivity index (χ2n) is 5.66. The average Bonchev–Trinajstić information content (AvgIpc) is 2.57. The van der Waals surface area contributed by atoms with Crippen LogP contribution in [0.1, 0.15) is 24.1 Å². The number of nitrogens with two attached hydrogens (primary N) is 1. The van der Waals surface area contributed by atoms with Crippen LogP contribution in [0.25, 0.3) is 0 Å². The monoisotopic (exact) mass is 341 g/mol. The van der Waals surface area contributed by atoms with E-state index in [0.717, 1.165) is 16.9 Å². The van der Waals surface area contributed by atoms with E-state index in [-0.39, 0.29) is 0 Å². The number of rotatable bonds is 7. The molecule has 0 aliphatic heterocycles. The number of carbonyl (C=O) groups excluding carboxylic acids is 2. The number of amides is 3. The van der Waals surface area contributed by atoms with Gasteiger partial charge in [-0.15, -0.1) is 0 Å². The molecule has 0 fully saturated rings. The minimum Gasteiger partial charge on any atom is -0.494 e. The van der Waals surface area contributed by atoms with E-state index >= 15 is 0 Å². The highest BCUT2D eigenvalue weighted by Gasteiger charge is 2.26. The van der Waals surface area contributed by atoms with Gasteiger partial charge in [0.15, 0.2) is 0 Å². The van der Waals surface area contributed by atoms with Crippen molar-refractivity contribution in [3.05, 3.63) is 65.7 Å². The third-order valence-corrected chi connectivity index (χ3v) is 3.72. The zero-order valence-corrected chi connectivity index (χ0v) is 14.4. The summed E-state index contributed by atoms with van der Waals surface area (Å²) < 4.78 is 5.44. The molecule has 3 N–H and O–H groups in total. The summed E-state index contributed by atoms with van der Waals surface area (Å²) in [5.74, 6) is 0.354. The molecular formula is C19H23N3O3. The highest BCUT2D eigenvalue weighted by Crippen LogP contribution is 2.22. The van der Waals surface area contributed by atoms with Crippen molar-refractivity contribution >= 4 is 11.9 Å². The molecule has 0 spiro atoms. The number of primary amides is 1. The van der Waals surface area contributed by atoms with Gasteiger partial charge < -0.3 is 10.5 Å². The third-order valence-electron chi connectivity index (χ3n) is 3.72. The molecule has 1 atom stereocenters. The Kier molecular flexibility index (Phi) is 6.54. The normalized spacial score (nSPS) is 11.8. The Morgan fingerprint density at radius 3 is 2.32 bits per heavy atom. The third kappa shape index (κ3) is 5.32. The molecule has 132 valence electrons. The molecule has 2 aromatic carbocycles. The van der Waals surface area contributed by atoms with Gasteiger partial charge in [-0.1, -0.05) is 42.5 Å². The van der Waals surface area contributed by atoms with Crippen LogP contribution < -0.4 is 15.8 Å². The van der Waals surface area contributed by atoms with E-state index < -0.39 is 18.0 Å². The smallest absolute Gasteiger partial charge is 0.318 e. The van der Waals surface area contributed by atoms with Crippen LogP contribution >= 0.6 is 0 Å². The Balaban J connectivity index is 2.18. The molecule has 0 radical (unpaired) electrons. The summed E-state index contributed by atoms with van der Waals surface area (Å²) in [5, 5.41) is 2.17. The van der Waals surface area contributed by atoms with Crippen LogP contribution in [0, 0.1) is 0 Å². The largest absolute Gasteiger partial charge is 0.494 e. The van der Waals surface area contributed by atoms with E-state index in [0.29, 0.717) is 13.2 Å². The highest BCUT2D eigenvalue weighted by molar-refractivity contribution is 5.96. The summed E-state index contributed by atoms with van der Waals surface area (Å²) in [7, 11) is 1.83. The maximum absolute atomic E-state index is 12.5. The number of imide groups is 1. The van der Waals surface area contributed by atoms with Gasteiger partial charge in [-0.25, -0.2) is 4.79 Å². The molecule has 0 aromatic heterocycles. The van der Waals surface area contributed by atoms with E-state index in [1.54, 1.807) is 0 Å². The van der Waals surface area contributed by atoms with Crippen molar-refractivity contribution < 1.29 is 14.3 Å². The van der Waals surface area contributed by atoms with Crippen molar-refractivity contribution in [1.82, 2.24) is 10.2 Å². The summed E-state index contributed by atoms with van der Waals surface area (Å²) in [6, 6.07) is 15.5. The number of carbonyl (C=O) groups is 2. The Morgan fingerprint density at radius 2 is 1.76 bits per heavy atom. The van der Waals surface area contributed by atoms with Crippen LogP contribution in [0.15, 0.2) is 54.6 Å². The number of hydrogen-bond donors (Lipinski definition) is 2. The molecule has 6 heteroatoms. The standard InChI is InChI=1S/C19H23N3O3/c1-3-25-16-11-9-14(10-12-16)13-22(2)17(18(23)21-19(20)24)15-7-5-4-6-8-15/h4-12,17H,3,13H2,1-2H3,(H3,20,21,23,24)/t17-/m0/s1. The fraction of sp³-hybridized carbons (Fsp3) is 0.263. The van der Waals surface area contributed by atoms with Gasteiger partial charge in [0.1, 0.15) is 11.8 Å². The van der Waals surface area contributed by atoms with Gasteiger partial charge in [-0.3, -0.25) is 15.0 Å². The lowest BCUT2D eigenvalue weighted by molar-refractivity contribution is -0.125. The number of nitrogens with zero attached hydrogens (tertiary/aromatic N) is 1. The number of urea groups is 1. The van der Waals surface area contributed by atoms with E-state index in [1.807, 2.05) is 73.5 Å². The molecule has 2 aromatic rings. The molecule has 0 aliphatic carbocycles. The zero-order valence-electron chi connectivity index (χ0n) is 14.4. The van der Waals surface area contributed by atoms with Crippen LogP contribution in [0.2, 0.25) is 0 Å². The number of benzene rings is 2. The van der Waals surface area contributed by atoms with Gasteiger partial charge in [0.2, 0.25) is 5.91 Å². The van der Waals surface area contributed by atoms with Crippen molar-refractivity contribution in [1.29, 1.82) is 0 Å². The van der Waals surface area contributed by atoms with Gasteiger partial charge >= 0.3 is 6.03 Å². The molecule has 6 nitrogen and oxygen atoms in total. The SMILES string of the molecule is CCOc1ccc(CN(C)[C@H](C(=O)NC(N)=O)c2ccccc2)cc1. The quantitative estimate of drug-likeness (QED) is 0.810. The van der Waals surface area contributed by atoms with Crippen molar-refractivity contribution in [3.63, 3.8) is 0 Å². The van der Waals surface area contributed by atoms with E-state index in [4.69, 9.17) is 10.5 Å². The zero-order chi connectivity index (χ0) is 18.2. The predicted molar refractivity (Wildman–Crippen MR) is 96.0 cm³/mol. The van der Waals surface area contributed by atoms with E-state index in [2.05, 4.69) is 5.32 Å². The second kappa shape index (κ2) is 8.84. The Hall–Kier alpha value is -2.86. The van der Waals surface area contributed by atoms with Crippen molar-refractivity contribution in [2.24, 2.45) is 5.73 Å². The van der Waals surface area contributed by atoms with Crippen LogP contribution in [0.4, 0.5) is 4.79 Å². The van der Waals surface area contributed by atoms with Gasteiger partial charge in [0.05, 0.1) is 6.61 Å². The molecule has 0 saturated heterocycles. The first kappa shape index (κ1) is 18.5. The van der Waals surface area contributed by atoms with Gasteiger partial charge in [0.25, 0.3) is 0 Å². The summed E-state index contributed by atoms with van der Waals surface area (Å²) in [6.45, 7) is 3.07. The maximum Gasteiger partial charge on any atom is 0.318 e. The lowest BCUT2D eigenvalue weighted by Crippen LogP contribution is -2.43. The highest BCUT2D eigenvalue weighted by atomic mass is 16.5. The lowest BCUT2D eigenvalue weighted by atomic mass is 10.0. The first-order valence-corrected chi connectivity index (χ1v) is 8.08. The minimum absolute atomic E-state index is 0.452. The van der Waals surface area contributed by atoms with Gasteiger partial charge in [0, 0.05) is 6.54 Å². The van der Waals surface area contributed by atoms with Crippen LogP contribution in [-0.2, 0) is 11.3 Å². The summed E-state index contributed by atoms with van der Waals surface area (Å²) >= 11 is 0. The molecule has 3 amide bonds. The molecule has 0 bridgehead atoms. The molecule has 0 unspecified atom stereocenters. The maximum atomic E-state index is 12.5. The Morgan fingerprint density at radius 1 is 1.12 bits per heavy atom. The molecular weight excluding hydrogens is 318 g/mol. The minimum atomic E-state index is -0.861. The lowest BCUT2D eigenvalue weighted by Gasteiger charge is -2.27. The average molecular weight is 341 g/mol. The first-order chi connectivity index (χ1) is 12.0. The molecule has 25 heavy (non-hydrogen) atoms. The first-order valence-electron chi connectivity index (χ1n) is 8.08. The van der Waals surface area contributed by atoms with Crippen molar-refractivity contribution in [3.8, 4) is 5.75 Å². The topological polar surface area (TPSA) is 84.7 Å². The van der Waals surface area contributed by atoms with Gasteiger partial charge in [-0.2, -0.15) is 0 Å². The fourth-order valence-electron chi connectivity index (χ4n) is 2.67. The summed E-state index contributed by atoms with van der Waals surface area (Å²) in [5.41, 5.74) is 6.92. The van der Waals surface area contributed by atoms with Crippen LogP contribution in [-0.4, -0.2) is 30.5 Å². The molecule has 0 saturated carbocycles. The van der Waals surface area contributed by atoms with Crippen molar-refractivity contribution in [2.45, 2.75) is 19.5 Å². The van der Waals surface area contributed by atoms with E-state index in [9.17, 15) is 9.59 Å². The number of hydrogen-bond acceptors (Lipinski definition) is 4. The molecule has 2 rings (SSSR count). The van der Waals surface area contributed by atoms with Gasteiger partial charge in [-0.05, 0) is 37.2 Å². The summed E-state index contributed by atoms with van der Waals surface area (Å²) in [6.07, 6.45) is 0. The predicted octanol–water partition coefficient (Wildman–Crippen LogP) is 2.45. The number of nitrogens with one attached hydrogen (secondary N) is 1. The second-order valence-corrected chi connectivity index (χ2v) is 5.66. The van der Waals surface area contributed by atoms with Crippen molar-refractivity contribution in [2.75, 3.05) is 13.7 Å². The van der Waals surface area contributed by atoms with Crippen LogP contribution in [0.5, 0.6) is 5.75 Å². The Bertz CT molecular complexity index is 702. The Labute approximate surface area is 147 Å². The molecule has 0 heterocycles. The number of likely N-dealkylation sites (N-methyl/N-ethyl adjacent to an activating group) is 1.